The second-order valence-corrected chi connectivity index (χ2v) is 6.75. The van der Waals surface area contributed by atoms with Crippen molar-refractivity contribution in [1.29, 1.82) is 0 Å². The molecule has 0 aliphatic heterocycles. The molecular formula is C14H15BrFNS. The van der Waals surface area contributed by atoms with Gasteiger partial charge in [-0.15, -0.1) is 11.3 Å². The van der Waals surface area contributed by atoms with Crippen LogP contribution in [0.25, 0.3) is 0 Å². The highest BCUT2D eigenvalue weighted by Crippen LogP contribution is 2.21. The van der Waals surface area contributed by atoms with Crippen molar-refractivity contribution >= 4 is 27.3 Å². The van der Waals surface area contributed by atoms with E-state index in [1.807, 2.05) is 13.0 Å². The van der Waals surface area contributed by atoms with Crippen LogP contribution in [0.5, 0.6) is 0 Å². The molecule has 2 aromatic rings. The van der Waals surface area contributed by atoms with Crippen LogP contribution >= 0.6 is 27.3 Å². The van der Waals surface area contributed by atoms with E-state index < -0.39 is 0 Å². The zero-order chi connectivity index (χ0) is 13.0. The number of hydrogen-bond acceptors (Lipinski definition) is 2. The standard InChI is InChI=1S/C14H15BrFNS/c1-10-8-12(16)3-2-11(10)6-7-17-9-13-4-5-14(15)18-13/h2-5,8,17H,6-7,9H2,1H3. The van der Waals surface area contributed by atoms with Gasteiger partial charge in [-0.3, -0.25) is 0 Å². The summed E-state index contributed by atoms with van der Waals surface area (Å²) in [5, 5.41) is 3.40. The molecule has 0 fully saturated rings. The fraction of sp³-hybridized carbons (Fsp3) is 0.286. The molecule has 1 aromatic carbocycles. The molecule has 0 saturated heterocycles. The summed E-state index contributed by atoms with van der Waals surface area (Å²) in [5.74, 6) is -0.160. The molecule has 1 nitrogen and oxygen atoms in total. The predicted molar refractivity (Wildman–Crippen MR) is 78.6 cm³/mol. The van der Waals surface area contributed by atoms with Crippen molar-refractivity contribution in [3.05, 3.63) is 55.9 Å². The molecule has 1 N–H and O–H groups in total. The second kappa shape index (κ2) is 6.45. The van der Waals surface area contributed by atoms with Crippen LogP contribution < -0.4 is 5.32 Å². The Kier molecular flexibility index (Phi) is 4.92. The maximum absolute atomic E-state index is 12.9. The van der Waals surface area contributed by atoms with Crippen LogP contribution in [0.2, 0.25) is 0 Å². The first-order chi connectivity index (χ1) is 8.65. The quantitative estimate of drug-likeness (QED) is 0.808. The van der Waals surface area contributed by atoms with Gasteiger partial charge in [0, 0.05) is 11.4 Å². The molecule has 0 unspecified atom stereocenters. The molecule has 0 amide bonds. The maximum atomic E-state index is 12.9. The maximum Gasteiger partial charge on any atom is 0.123 e. The Labute approximate surface area is 119 Å². The van der Waals surface area contributed by atoms with E-state index in [4.69, 9.17) is 0 Å². The minimum absolute atomic E-state index is 0.160. The second-order valence-electron chi connectivity index (χ2n) is 4.20. The average Bonchev–Trinajstić information content (AvgIpc) is 2.73. The normalized spacial score (nSPS) is 10.8. The molecule has 0 aliphatic carbocycles. The molecule has 4 heteroatoms. The van der Waals surface area contributed by atoms with Gasteiger partial charge in [0.15, 0.2) is 0 Å². The fourth-order valence-electron chi connectivity index (χ4n) is 1.82. The largest absolute Gasteiger partial charge is 0.312 e. The zero-order valence-electron chi connectivity index (χ0n) is 10.2. The van der Waals surface area contributed by atoms with Gasteiger partial charge in [-0.1, -0.05) is 6.07 Å². The Morgan fingerprint density at radius 2 is 2.11 bits per heavy atom. The molecule has 2 rings (SSSR count). The van der Waals surface area contributed by atoms with Crippen molar-refractivity contribution in [2.45, 2.75) is 19.9 Å². The van der Waals surface area contributed by atoms with Gasteiger partial charge in [-0.2, -0.15) is 0 Å². The van der Waals surface area contributed by atoms with Crippen LogP contribution in [0.15, 0.2) is 34.1 Å². The van der Waals surface area contributed by atoms with E-state index in [0.717, 1.165) is 28.9 Å². The first kappa shape index (κ1) is 13.7. The third-order valence-corrected chi connectivity index (χ3v) is 4.43. The monoisotopic (exact) mass is 327 g/mol. The van der Waals surface area contributed by atoms with Crippen molar-refractivity contribution in [1.82, 2.24) is 5.32 Å². The van der Waals surface area contributed by atoms with Crippen LogP contribution in [-0.2, 0) is 13.0 Å². The molecule has 0 spiro atoms. The zero-order valence-corrected chi connectivity index (χ0v) is 12.6. The number of halogens is 2. The summed E-state index contributed by atoms with van der Waals surface area (Å²) >= 11 is 5.19. The highest BCUT2D eigenvalue weighted by molar-refractivity contribution is 9.11. The number of thiophene rings is 1. The molecule has 1 aromatic heterocycles. The predicted octanol–water partition coefficient (Wildman–Crippen LogP) is 4.29. The number of benzene rings is 1. The Bertz CT molecular complexity index is 524. The van der Waals surface area contributed by atoms with E-state index in [-0.39, 0.29) is 5.82 Å². The van der Waals surface area contributed by atoms with E-state index in [9.17, 15) is 4.39 Å². The molecule has 1 heterocycles. The summed E-state index contributed by atoms with van der Waals surface area (Å²) in [6.45, 7) is 3.74. The van der Waals surface area contributed by atoms with Gasteiger partial charge in [0.1, 0.15) is 5.82 Å². The Balaban J connectivity index is 1.78. The summed E-state index contributed by atoms with van der Waals surface area (Å²) in [6, 6.07) is 9.16. The summed E-state index contributed by atoms with van der Waals surface area (Å²) in [7, 11) is 0. The van der Waals surface area contributed by atoms with E-state index in [0.29, 0.717) is 0 Å². The van der Waals surface area contributed by atoms with E-state index in [1.165, 1.54) is 16.5 Å². The van der Waals surface area contributed by atoms with Crippen LogP contribution in [0.3, 0.4) is 0 Å². The Morgan fingerprint density at radius 3 is 2.78 bits per heavy atom. The lowest BCUT2D eigenvalue weighted by Crippen LogP contribution is -2.16. The molecule has 0 aliphatic rings. The van der Waals surface area contributed by atoms with Gasteiger partial charge in [0.05, 0.1) is 3.79 Å². The smallest absolute Gasteiger partial charge is 0.123 e. The van der Waals surface area contributed by atoms with Gasteiger partial charge >= 0.3 is 0 Å². The topological polar surface area (TPSA) is 12.0 Å². The third kappa shape index (κ3) is 3.90. The first-order valence-corrected chi connectivity index (χ1v) is 7.46. The number of aryl methyl sites for hydroxylation is 1. The van der Waals surface area contributed by atoms with Crippen molar-refractivity contribution < 1.29 is 4.39 Å². The third-order valence-electron chi connectivity index (χ3n) is 2.80. The molecule has 0 bridgehead atoms. The number of rotatable bonds is 5. The minimum atomic E-state index is -0.160. The van der Waals surface area contributed by atoms with E-state index >= 15 is 0 Å². The number of nitrogens with one attached hydrogen (secondary N) is 1. The number of hydrogen-bond donors (Lipinski definition) is 1. The van der Waals surface area contributed by atoms with Crippen LogP contribution in [-0.4, -0.2) is 6.54 Å². The molecule has 0 radical (unpaired) electrons. The van der Waals surface area contributed by atoms with Crippen molar-refractivity contribution in [2.24, 2.45) is 0 Å². The van der Waals surface area contributed by atoms with Crippen molar-refractivity contribution in [3.8, 4) is 0 Å². The van der Waals surface area contributed by atoms with Crippen molar-refractivity contribution in [3.63, 3.8) is 0 Å². The molecule has 0 saturated carbocycles. The van der Waals surface area contributed by atoms with Gasteiger partial charge in [0.25, 0.3) is 0 Å². The molecule has 0 atom stereocenters. The van der Waals surface area contributed by atoms with Crippen LogP contribution in [0.1, 0.15) is 16.0 Å². The molecule has 96 valence electrons. The van der Waals surface area contributed by atoms with Gasteiger partial charge in [-0.25, -0.2) is 4.39 Å². The average molecular weight is 328 g/mol. The van der Waals surface area contributed by atoms with E-state index in [1.54, 1.807) is 17.4 Å². The van der Waals surface area contributed by atoms with Crippen LogP contribution in [0.4, 0.5) is 4.39 Å². The summed E-state index contributed by atoms with van der Waals surface area (Å²) in [4.78, 5) is 1.32. The Hall–Kier alpha value is -0.710. The molecular weight excluding hydrogens is 313 g/mol. The Morgan fingerprint density at radius 1 is 1.28 bits per heavy atom. The van der Waals surface area contributed by atoms with Crippen LogP contribution in [0, 0.1) is 12.7 Å². The lowest BCUT2D eigenvalue weighted by atomic mass is 10.1. The van der Waals surface area contributed by atoms with Gasteiger partial charge in [0.2, 0.25) is 0 Å². The van der Waals surface area contributed by atoms with Gasteiger partial charge < -0.3 is 5.32 Å². The SMILES string of the molecule is Cc1cc(F)ccc1CCNCc1ccc(Br)s1. The summed E-state index contributed by atoms with van der Waals surface area (Å²) < 4.78 is 14.1. The lowest BCUT2D eigenvalue weighted by Gasteiger charge is -2.06. The summed E-state index contributed by atoms with van der Waals surface area (Å²) in [5.41, 5.74) is 2.23. The van der Waals surface area contributed by atoms with Gasteiger partial charge in [-0.05, 0) is 71.2 Å². The highest BCUT2D eigenvalue weighted by Gasteiger charge is 2.01. The lowest BCUT2D eigenvalue weighted by molar-refractivity contribution is 0.624. The highest BCUT2D eigenvalue weighted by atomic mass is 79.9. The summed E-state index contributed by atoms with van der Waals surface area (Å²) in [6.07, 6.45) is 0.929. The minimum Gasteiger partial charge on any atom is -0.312 e. The van der Waals surface area contributed by atoms with E-state index in [2.05, 4.69) is 33.4 Å². The van der Waals surface area contributed by atoms with Crippen molar-refractivity contribution in [2.75, 3.05) is 6.54 Å². The molecule has 18 heavy (non-hydrogen) atoms. The first-order valence-electron chi connectivity index (χ1n) is 5.85. The fourth-order valence-corrected chi connectivity index (χ4v) is 3.27.